The number of carbonyl (C=O) groups is 3. The highest BCUT2D eigenvalue weighted by molar-refractivity contribution is 5.94. The number of alkyl carbamates (subject to hydrolysis) is 1. The highest BCUT2D eigenvalue weighted by Crippen LogP contribution is 2.14. The zero-order chi connectivity index (χ0) is 21.6. The van der Waals surface area contributed by atoms with Crippen LogP contribution in [0.3, 0.4) is 0 Å². The molecule has 0 bridgehead atoms. The summed E-state index contributed by atoms with van der Waals surface area (Å²) in [6.07, 6.45) is 0.635. The standard InChI is InChI=1S/C20H27F2N3O4/c1-20(2,3)29-19(28)23-9-6-17(26)25-10-7-14(8-11-25)24-18(27)15-5-4-13(21)12-16(15)22/h4-5,12,14H,6-11H2,1-3H3,(H,23,28)(H,24,27). The van der Waals surface area contributed by atoms with Crippen LogP contribution >= 0.6 is 0 Å². The lowest BCUT2D eigenvalue weighted by atomic mass is 10.0. The molecule has 0 unspecified atom stereocenters. The molecule has 0 aromatic heterocycles. The number of halogens is 2. The minimum absolute atomic E-state index is 0.101. The van der Waals surface area contributed by atoms with Crippen LogP contribution in [-0.2, 0) is 9.53 Å². The molecule has 7 nitrogen and oxygen atoms in total. The van der Waals surface area contributed by atoms with Crippen LogP contribution in [0, 0.1) is 11.6 Å². The first-order valence-corrected chi connectivity index (χ1v) is 9.55. The summed E-state index contributed by atoms with van der Waals surface area (Å²) in [6, 6.07) is 2.61. The van der Waals surface area contributed by atoms with Crippen LogP contribution in [0.4, 0.5) is 13.6 Å². The third-order valence-electron chi connectivity index (χ3n) is 4.37. The van der Waals surface area contributed by atoms with Crippen LogP contribution in [0.15, 0.2) is 18.2 Å². The van der Waals surface area contributed by atoms with Crippen LogP contribution in [-0.4, -0.2) is 54.1 Å². The van der Waals surface area contributed by atoms with Crippen LogP contribution in [0.5, 0.6) is 0 Å². The van der Waals surface area contributed by atoms with E-state index >= 15 is 0 Å². The second-order valence-electron chi connectivity index (χ2n) is 7.93. The van der Waals surface area contributed by atoms with E-state index in [2.05, 4.69) is 10.6 Å². The molecule has 1 fully saturated rings. The summed E-state index contributed by atoms with van der Waals surface area (Å²) in [7, 11) is 0. The van der Waals surface area contributed by atoms with E-state index < -0.39 is 29.2 Å². The molecule has 0 spiro atoms. The topological polar surface area (TPSA) is 87.7 Å². The van der Waals surface area contributed by atoms with Crippen LogP contribution in [0.25, 0.3) is 0 Å². The van der Waals surface area contributed by atoms with Gasteiger partial charge in [0.1, 0.15) is 17.2 Å². The fourth-order valence-electron chi connectivity index (χ4n) is 2.95. The maximum absolute atomic E-state index is 13.7. The minimum Gasteiger partial charge on any atom is -0.444 e. The number of nitrogens with one attached hydrogen (secondary N) is 2. The molecule has 3 amide bonds. The van der Waals surface area contributed by atoms with Crippen molar-refractivity contribution in [2.75, 3.05) is 19.6 Å². The highest BCUT2D eigenvalue weighted by Gasteiger charge is 2.25. The summed E-state index contributed by atoms with van der Waals surface area (Å²) in [4.78, 5) is 37.7. The quantitative estimate of drug-likeness (QED) is 0.780. The lowest BCUT2D eigenvalue weighted by Crippen LogP contribution is -2.47. The first kappa shape index (κ1) is 22.6. The van der Waals surface area contributed by atoms with Gasteiger partial charge in [0.2, 0.25) is 5.91 Å². The lowest BCUT2D eigenvalue weighted by Gasteiger charge is -2.32. The Morgan fingerprint density at radius 2 is 1.83 bits per heavy atom. The molecule has 0 atom stereocenters. The van der Waals surface area contributed by atoms with Gasteiger partial charge in [-0.05, 0) is 45.7 Å². The van der Waals surface area contributed by atoms with E-state index in [1.807, 2.05) is 0 Å². The van der Waals surface area contributed by atoms with Crippen molar-refractivity contribution in [3.63, 3.8) is 0 Å². The van der Waals surface area contributed by atoms with Gasteiger partial charge in [0.05, 0.1) is 5.56 Å². The molecule has 1 aliphatic heterocycles. The maximum Gasteiger partial charge on any atom is 0.407 e. The molecule has 1 aliphatic rings. The van der Waals surface area contributed by atoms with Crippen molar-refractivity contribution in [1.82, 2.24) is 15.5 Å². The number of hydrogen-bond donors (Lipinski definition) is 2. The average Bonchev–Trinajstić information content (AvgIpc) is 2.60. The van der Waals surface area contributed by atoms with Crippen molar-refractivity contribution in [3.8, 4) is 0 Å². The number of ether oxygens (including phenoxy) is 1. The average molecular weight is 411 g/mol. The predicted molar refractivity (Wildman–Crippen MR) is 102 cm³/mol. The van der Waals surface area contributed by atoms with Crippen molar-refractivity contribution >= 4 is 17.9 Å². The Hall–Kier alpha value is -2.71. The van der Waals surface area contributed by atoms with Gasteiger partial charge in [0.25, 0.3) is 5.91 Å². The zero-order valence-corrected chi connectivity index (χ0v) is 16.9. The summed E-state index contributed by atoms with van der Waals surface area (Å²) < 4.78 is 31.8. The Bertz CT molecular complexity index is 757. The van der Waals surface area contributed by atoms with Gasteiger partial charge in [-0.1, -0.05) is 0 Å². The van der Waals surface area contributed by atoms with E-state index in [9.17, 15) is 23.2 Å². The van der Waals surface area contributed by atoms with Crippen LogP contribution in [0.1, 0.15) is 50.4 Å². The summed E-state index contributed by atoms with van der Waals surface area (Å²) in [5, 5.41) is 5.27. The summed E-state index contributed by atoms with van der Waals surface area (Å²) in [5.74, 6) is -2.36. The van der Waals surface area contributed by atoms with Gasteiger partial charge in [-0.3, -0.25) is 9.59 Å². The van der Waals surface area contributed by atoms with Crippen molar-refractivity contribution < 1.29 is 27.9 Å². The Morgan fingerprint density at radius 3 is 2.41 bits per heavy atom. The van der Waals surface area contributed by atoms with E-state index in [0.717, 1.165) is 12.1 Å². The molecule has 0 radical (unpaired) electrons. The van der Waals surface area contributed by atoms with Gasteiger partial charge >= 0.3 is 6.09 Å². The number of hydrogen-bond acceptors (Lipinski definition) is 4. The molecule has 0 aliphatic carbocycles. The van der Waals surface area contributed by atoms with Crippen molar-refractivity contribution in [3.05, 3.63) is 35.4 Å². The molecule has 1 aromatic rings. The predicted octanol–water partition coefficient (Wildman–Crippen LogP) is 2.60. The fraction of sp³-hybridized carbons (Fsp3) is 0.550. The van der Waals surface area contributed by atoms with E-state index in [-0.39, 0.29) is 30.5 Å². The number of likely N-dealkylation sites (tertiary alicyclic amines) is 1. The van der Waals surface area contributed by atoms with Gasteiger partial charge in [0, 0.05) is 38.2 Å². The zero-order valence-electron chi connectivity index (χ0n) is 16.9. The number of carbonyl (C=O) groups excluding carboxylic acids is 3. The monoisotopic (exact) mass is 411 g/mol. The van der Waals surface area contributed by atoms with Gasteiger partial charge in [-0.15, -0.1) is 0 Å². The third-order valence-corrected chi connectivity index (χ3v) is 4.37. The molecule has 2 N–H and O–H groups in total. The molecule has 2 rings (SSSR count). The smallest absolute Gasteiger partial charge is 0.407 e. The number of piperidine rings is 1. The summed E-state index contributed by atoms with van der Waals surface area (Å²) >= 11 is 0. The molecule has 9 heteroatoms. The second kappa shape index (κ2) is 9.67. The van der Waals surface area contributed by atoms with E-state index in [0.29, 0.717) is 32.0 Å². The number of amides is 3. The summed E-state index contributed by atoms with van der Waals surface area (Å²) in [5.41, 5.74) is -0.810. The lowest BCUT2D eigenvalue weighted by molar-refractivity contribution is -0.132. The Morgan fingerprint density at radius 1 is 1.17 bits per heavy atom. The Kier molecular flexibility index (Phi) is 7.53. The molecular weight excluding hydrogens is 384 g/mol. The molecule has 1 saturated heterocycles. The van der Waals surface area contributed by atoms with Gasteiger partial charge in [0.15, 0.2) is 0 Å². The van der Waals surface area contributed by atoms with E-state index in [1.54, 1.807) is 25.7 Å². The molecule has 1 heterocycles. The van der Waals surface area contributed by atoms with E-state index in [1.165, 1.54) is 0 Å². The van der Waals surface area contributed by atoms with E-state index in [4.69, 9.17) is 4.74 Å². The van der Waals surface area contributed by atoms with Crippen LogP contribution < -0.4 is 10.6 Å². The van der Waals surface area contributed by atoms with Crippen molar-refractivity contribution in [2.45, 2.75) is 51.7 Å². The Labute approximate surface area is 168 Å². The molecule has 29 heavy (non-hydrogen) atoms. The fourth-order valence-corrected chi connectivity index (χ4v) is 2.95. The SMILES string of the molecule is CC(C)(C)OC(=O)NCCC(=O)N1CCC(NC(=O)c2ccc(F)cc2F)CC1. The normalized spacial score (nSPS) is 15.0. The molecular formula is C20H27F2N3O4. The number of benzene rings is 1. The van der Waals surface area contributed by atoms with Crippen molar-refractivity contribution in [1.29, 1.82) is 0 Å². The first-order valence-electron chi connectivity index (χ1n) is 9.55. The van der Waals surface area contributed by atoms with Crippen molar-refractivity contribution in [2.24, 2.45) is 0 Å². The van der Waals surface area contributed by atoms with Gasteiger partial charge < -0.3 is 20.3 Å². The van der Waals surface area contributed by atoms with Crippen LogP contribution in [0.2, 0.25) is 0 Å². The largest absolute Gasteiger partial charge is 0.444 e. The number of nitrogens with zero attached hydrogens (tertiary/aromatic N) is 1. The highest BCUT2D eigenvalue weighted by atomic mass is 19.1. The molecule has 0 saturated carbocycles. The van der Waals surface area contributed by atoms with Gasteiger partial charge in [-0.2, -0.15) is 0 Å². The molecule has 160 valence electrons. The van der Waals surface area contributed by atoms with Gasteiger partial charge in [-0.25, -0.2) is 13.6 Å². The Balaban J connectivity index is 1.72. The number of rotatable bonds is 5. The molecule has 1 aromatic carbocycles. The maximum atomic E-state index is 13.7. The third kappa shape index (κ3) is 7.32. The summed E-state index contributed by atoms with van der Waals surface area (Å²) in [6.45, 7) is 6.33. The minimum atomic E-state index is -0.910. The first-order chi connectivity index (χ1) is 13.5. The second-order valence-corrected chi connectivity index (χ2v) is 7.93.